The van der Waals surface area contributed by atoms with Crippen molar-refractivity contribution in [3.05, 3.63) is 35.1 Å². The fraction of sp³-hybridized carbons (Fsp3) is 0.467. The van der Waals surface area contributed by atoms with E-state index in [9.17, 15) is 4.39 Å². The average Bonchev–Trinajstić information content (AvgIpc) is 2.45. The molecule has 0 aliphatic heterocycles. The first-order valence-electron chi connectivity index (χ1n) is 6.30. The highest BCUT2D eigenvalue weighted by molar-refractivity contribution is 5.41. The van der Waals surface area contributed by atoms with Gasteiger partial charge in [0.05, 0.1) is 33.0 Å². The quantitative estimate of drug-likeness (QED) is 0.577. The van der Waals surface area contributed by atoms with E-state index in [4.69, 9.17) is 19.3 Å². The summed E-state index contributed by atoms with van der Waals surface area (Å²) < 4.78 is 28.7. The second-order valence-electron chi connectivity index (χ2n) is 3.92. The van der Waals surface area contributed by atoms with Crippen LogP contribution in [0.25, 0.3) is 0 Å². The van der Waals surface area contributed by atoms with Crippen molar-refractivity contribution in [2.24, 2.45) is 0 Å². The third kappa shape index (κ3) is 6.64. The Labute approximate surface area is 118 Å². The monoisotopic (exact) mass is 282 g/mol. The lowest BCUT2D eigenvalue weighted by Gasteiger charge is -2.07. The molecule has 0 aliphatic rings. The topological polar surface area (TPSA) is 47.9 Å². The molecule has 0 fully saturated rings. The molecule has 1 aromatic carbocycles. The van der Waals surface area contributed by atoms with Crippen LogP contribution in [0.3, 0.4) is 0 Å². The first-order valence-corrected chi connectivity index (χ1v) is 6.30. The maximum Gasteiger partial charge on any atom is 0.124 e. The van der Waals surface area contributed by atoms with Gasteiger partial charge in [0.1, 0.15) is 12.4 Å². The van der Waals surface area contributed by atoms with Gasteiger partial charge in [0.2, 0.25) is 0 Å². The lowest BCUT2D eigenvalue weighted by atomic mass is 10.1. The average molecular weight is 282 g/mol. The fourth-order valence-corrected chi connectivity index (χ4v) is 1.47. The fourth-order valence-electron chi connectivity index (χ4n) is 1.47. The van der Waals surface area contributed by atoms with Crippen molar-refractivity contribution in [1.82, 2.24) is 0 Å². The van der Waals surface area contributed by atoms with Gasteiger partial charge in [-0.3, -0.25) is 0 Å². The van der Waals surface area contributed by atoms with Crippen molar-refractivity contribution in [2.75, 3.05) is 40.1 Å². The van der Waals surface area contributed by atoms with Crippen molar-refractivity contribution in [1.29, 1.82) is 0 Å². The van der Waals surface area contributed by atoms with Crippen LogP contribution in [-0.2, 0) is 20.8 Å². The molecule has 0 heterocycles. The van der Waals surface area contributed by atoms with Crippen LogP contribution in [0.4, 0.5) is 4.39 Å². The van der Waals surface area contributed by atoms with E-state index in [1.807, 2.05) is 0 Å². The predicted molar refractivity (Wildman–Crippen MR) is 72.7 cm³/mol. The van der Waals surface area contributed by atoms with Crippen molar-refractivity contribution >= 4 is 0 Å². The van der Waals surface area contributed by atoms with Gasteiger partial charge in [-0.1, -0.05) is 17.9 Å². The standard InChI is InChI=1S/C15H19FO4/c1-18-7-8-19-9-10-20-12-14-4-5-15(16)11-13(14)3-2-6-17/h4-5,11,17H,6-10,12H2,1H3. The van der Waals surface area contributed by atoms with Crippen LogP contribution in [0.15, 0.2) is 18.2 Å². The number of hydrogen-bond donors (Lipinski definition) is 1. The van der Waals surface area contributed by atoms with E-state index >= 15 is 0 Å². The number of aliphatic hydroxyl groups is 1. The molecule has 0 unspecified atom stereocenters. The van der Waals surface area contributed by atoms with Gasteiger partial charge in [-0.2, -0.15) is 0 Å². The van der Waals surface area contributed by atoms with Gasteiger partial charge in [-0.05, 0) is 17.7 Å². The number of methoxy groups -OCH3 is 1. The Balaban J connectivity index is 2.39. The molecule has 0 atom stereocenters. The van der Waals surface area contributed by atoms with Crippen molar-refractivity contribution in [3.63, 3.8) is 0 Å². The minimum Gasteiger partial charge on any atom is -0.384 e. The molecule has 1 N–H and O–H groups in total. The Bertz CT molecular complexity index is 451. The van der Waals surface area contributed by atoms with Gasteiger partial charge in [0, 0.05) is 12.7 Å². The summed E-state index contributed by atoms with van der Waals surface area (Å²) in [6, 6.07) is 4.32. The van der Waals surface area contributed by atoms with Crippen LogP contribution in [0.1, 0.15) is 11.1 Å². The van der Waals surface area contributed by atoms with E-state index in [1.165, 1.54) is 12.1 Å². The molecular formula is C15H19FO4. The normalized spacial score (nSPS) is 10.2. The maximum absolute atomic E-state index is 13.1. The minimum absolute atomic E-state index is 0.260. The summed E-state index contributed by atoms with van der Waals surface area (Å²) in [5.74, 6) is 4.84. The zero-order valence-electron chi connectivity index (χ0n) is 11.5. The lowest BCUT2D eigenvalue weighted by Crippen LogP contribution is -2.08. The largest absolute Gasteiger partial charge is 0.384 e. The van der Waals surface area contributed by atoms with E-state index in [0.717, 1.165) is 5.56 Å². The smallest absolute Gasteiger partial charge is 0.124 e. The van der Waals surface area contributed by atoms with E-state index in [1.54, 1.807) is 13.2 Å². The molecular weight excluding hydrogens is 263 g/mol. The Morgan fingerprint density at radius 2 is 1.90 bits per heavy atom. The molecule has 1 aromatic rings. The molecule has 4 nitrogen and oxygen atoms in total. The third-order valence-electron chi connectivity index (χ3n) is 2.44. The Morgan fingerprint density at radius 1 is 1.15 bits per heavy atom. The molecule has 0 aromatic heterocycles. The summed E-state index contributed by atoms with van der Waals surface area (Å²) >= 11 is 0. The van der Waals surface area contributed by atoms with Crippen LogP contribution >= 0.6 is 0 Å². The van der Waals surface area contributed by atoms with E-state index in [0.29, 0.717) is 38.6 Å². The number of ether oxygens (including phenoxy) is 3. The van der Waals surface area contributed by atoms with Gasteiger partial charge < -0.3 is 19.3 Å². The summed E-state index contributed by atoms with van der Waals surface area (Å²) in [7, 11) is 1.61. The van der Waals surface area contributed by atoms with Crippen LogP contribution in [-0.4, -0.2) is 45.3 Å². The summed E-state index contributed by atoms with van der Waals surface area (Å²) in [4.78, 5) is 0. The van der Waals surface area contributed by atoms with Crippen LogP contribution in [0.2, 0.25) is 0 Å². The van der Waals surface area contributed by atoms with Crippen molar-refractivity contribution in [2.45, 2.75) is 6.61 Å². The molecule has 0 spiro atoms. The summed E-state index contributed by atoms with van der Waals surface area (Å²) in [5, 5.41) is 8.68. The van der Waals surface area contributed by atoms with Crippen LogP contribution in [0.5, 0.6) is 0 Å². The Hall–Kier alpha value is -1.45. The zero-order valence-corrected chi connectivity index (χ0v) is 11.5. The van der Waals surface area contributed by atoms with Crippen LogP contribution < -0.4 is 0 Å². The minimum atomic E-state index is -0.362. The summed E-state index contributed by atoms with van der Waals surface area (Å²) in [6.45, 7) is 2.06. The Kier molecular flexibility index (Phi) is 8.59. The molecule has 0 aliphatic carbocycles. The van der Waals surface area contributed by atoms with E-state index < -0.39 is 0 Å². The second-order valence-corrected chi connectivity index (χ2v) is 3.92. The molecule has 0 saturated carbocycles. The molecule has 110 valence electrons. The number of benzene rings is 1. The number of hydrogen-bond acceptors (Lipinski definition) is 4. The Morgan fingerprint density at radius 3 is 2.65 bits per heavy atom. The summed E-state index contributed by atoms with van der Waals surface area (Å²) in [5.41, 5.74) is 1.31. The predicted octanol–water partition coefficient (Wildman–Crippen LogP) is 1.35. The van der Waals surface area contributed by atoms with E-state index in [2.05, 4.69) is 11.8 Å². The van der Waals surface area contributed by atoms with E-state index in [-0.39, 0.29) is 12.4 Å². The van der Waals surface area contributed by atoms with Gasteiger partial charge in [-0.15, -0.1) is 0 Å². The van der Waals surface area contributed by atoms with Gasteiger partial charge in [0.15, 0.2) is 0 Å². The van der Waals surface area contributed by atoms with Crippen LogP contribution in [0, 0.1) is 17.7 Å². The zero-order chi connectivity index (χ0) is 14.6. The number of rotatable bonds is 8. The first-order chi connectivity index (χ1) is 9.77. The van der Waals surface area contributed by atoms with Crippen molar-refractivity contribution in [3.8, 4) is 11.8 Å². The highest BCUT2D eigenvalue weighted by Crippen LogP contribution is 2.11. The summed E-state index contributed by atoms with van der Waals surface area (Å²) in [6.07, 6.45) is 0. The first kappa shape index (κ1) is 16.6. The van der Waals surface area contributed by atoms with Gasteiger partial charge in [0.25, 0.3) is 0 Å². The second kappa shape index (κ2) is 10.4. The molecule has 0 bridgehead atoms. The molecule has 1 rings (SSSR count). The number of aliphatic hydroxyl groups excluding tert-OH is 1. The highest BCUT2D eigenvalue weighted by Gasteiger charge is 2.02. The number of halogens is 1. The van der Waals surface area contributed by atoms with Gasteiger partial charge >= 0.3 is 0 Å². The molecule has 0 radical (unpaired) electrons. The highest BCUT2D eigenvalue weighted by atomic mass is 19.1. The molecule has 0 saturated heterocycles. The van der Waals surface area contributed by atoms with Gasteiger partial charge in [-0.25, -0.2) is 4.39 Å². The third-order valence-corrected chi connectivity index (χ3v) is 2.44. The molecule has 20 heavy (non-hydrogen) atoms. The maximum atomic E-state index is 13.1. The molecule has 5 heteroatoms. The SMILES string of the molecule is COCCOCCOCc1ccc(F)cc1C#CCO. The van der Waals surface area contributed by atoms with Crippen molar-refractivity contribution < 1.29 is 23.7 Å². The molecule has 0 amide bonds. The lowest BCUT2D eigenvalue weighted by molar-refractivity contribution is 0.0199.